The van der Waals surface area contributed by atoms with E-state index in [4.69, 9.17) is 11.6 Å². The Morgan fingerprint density at radius 2 is 1.95 bits per heavy atom. The maximum absolute atomic E-state index is 11.0. The molecule has 0 saturated heterocycles. The molecule has 0 radical (unpaired) electrons. The van der Waals surface area contributed by atoms with Crippen molar-refractivity contribution in [1.29, 1.82) is 0 Å². The van der Waals surface area contributed by atoms with Gasteiger partial charge in [-0.25, -0.2) is 0 Å². The monoisotopic (exact) mass is 308 g/mol. The molecule has 110 valence electrons. The maximum atomic E-state index is 11.0. The van der Waals surface area contributed by atoms with Crippen molar-refractivity contribution in [3.8, 4) is 11.5 Å². The quantitative estimate of drug-likeness (QED) is 0.589. The topological polar surface area (TPSA) is 95.6 Å². The summed E-state index contributed by atoms with van der Waals surface area (Å²) in [7, 11) is 0. The van der Waals surface area contributed by atoms with Crippen molar-refractivity contribution in [2.24, 2.45) is 0 Å². The van der Waals surface area contributed by atoms with Crippen LogP contribution in [0.4, 0.5) is 11.4 Å². The predicted octanol–water partition coefficient (Wildman–Crippen LogP) is 3.83. The molecule has 2 rings (SSSR count). The van der Waals surface area contributed by atoms with Crippen LogP contribution in [0.15, 0.2) is 36.4 Å². The van der Waals surface area contributed by atoms with Crippen LogP contribution in [0.5, 0.6) is 11.5 Å². The predicted molar refractivity (Wildman–Crippen MR) is 79.9 cm³/mol. The largest absolute Gasteiger partial charge is 0.508 e. The number of nitrogens with zero attached hydrogens (tertiary/aromatic N) is 1. The van der Waals surface area contributed by atoms with E-state index in [0.29, 0.717) is 11.3 Å². The fraction of sp³-hybridized carbons (Fsp3) is 0.143. The molecule has 2 aromatic rings. The van der Waals surface area contributed by atoms with E-state index in [2.05, 4.69) is 5.32 Å². The van der Waals surface area contributed by atoms with Gasteiger partial charge < -0.3 is 15.5 Å². The number of rotatable bonds is 4. The Morgan fingerprint density at radius 1 is 1.24 bits per heavy atom. The normalized spacial score (nSPS) is 11.9. The van der Waals surface area contributed by atoms with Gasteiger partial charge in [0.1, 0.15) is 17.2 Å². The van der Waals surface area contributed by atoms with Gasteiger partial charge >= 0.3 is 0 Å². The zero-order valence-electron chi connectivity index (χ0n) is 11.1. The molecule has 1 atom stereocenters. The highest BCUT2D eigenvalue weighted by Gasteiger charge is 2.18. The lowest BCUT2D eigenvalue weighted by Gasteiger charge is -2.17. The zero-order valence-corrected chi connectivity index (χ0v) is 11.8. The third kappa shape index (κ3) is 3.35. The van der Waals surface area contributed by atoms with E-state index < -0.39 is 11.0 Å². The number of aromatic hydroxyl groups is 2. The maximum Gasteiger partial charge on any atom is 0.293 e. The highest BCUT2D eigenvalue weighted by molar-refractivity contribution is 6.30. The number of nitrogens with one attached hydrogen (secondary N) is 1. The van der Waals surface area contributed by atoms with Crippen LogP contribution in [0.25, 0.3) is 0 Å². The molecule has 0 amide bonds. The lowest BCUT2D eigenvalue weighted by atomic mass is 10.1. The fourth-order valence-corrected chi connectivity index (χ4v) is 2.15. The van der Waals surface area contributed by atoms with Gasteiger partial charge in [0.25, 0.3) is 5.69 Å². The Kier molecular flexibility index (Phi) is 4.18. The van der Waals surface area contributed by atoms with Crippen LogP contribution >= 0.6 is 11.6 Å². The SMILES string of the molecule is CC(Nc1ccc(Cl)cc1[N+](=O)[O-])c1ccc(O)cc1O. The molecule has 2 aromatic carbocycles. The van der Waals surface area contributed by atoms with Crippen LogP contribution in [0.1, 0.15) is 18.5 Å². The van der Waals surface area contributed by atoms with Gasteiger partial charge in [0.15, 0.2) is 0 Å². The second kappa shape index (κ2) is 5.88. The van der Waals surface area contributed by atoms with Crippen molar-refractivity contribution in [2.45, 2.75) is 13.0 Å². The Bertz CT molecular complexity index is 691. The minimum absolute atomic E-state index is 0.0547. The summed E-state index contributed by atoms with van der Waals surface area (Å²) < 4.78 is 0. The molecule has 0 bridgehead atoms. The van der Waals surface area contributed by atoms with Gasteiger partial charge in [-0.15, -0.1) is 0 Å². The molecule has 0 heterocycles. The average molecular weight is 309 g/mol. The molecular weight excluding hydrogens is 296 g/mol. The minimum Gasteiger partial charge on any atom is -0.508 e. The van der Waals surface area contributed by atoms with Crippen LogP contribution < -0.4 is 5.32 Å². The number of halogens is 1. The van der Waals surface area contributed by atoms with Gasteiger partial charge in [0.05, 0.1) is 11.0 Å². The summed E-state index contributed by atoms with van der Waals surface area (Å²) in [5.41, 5.74) is 0.661. The van der Waals surface area contributed by atoms with Gasteiger partial charge in [0, 0.05) is 22.7 Å². The molecule has 0 aliphatic carbocycles. The lowest BCUT2D eigenvalue weighted by molar-refractivity contribution is -0.384. The lowest BCUT2D eigenvalue weighted by Crippen LogP contribution is -2.08. The zero-order chi connectivity index (χ0) is 15.6. The molecule has 0 aliphatic heterocycles. The van der Waals surface area contributed by atoms with Gasteiger partial charge in [-0.3, -0.25) is 10.1 Å². The smallest absolute Gasteiger partial charge is 0.293 e. The van der Waals surface area contributed by atoms with Gasteiger partial charge in [-0.05, 0) is 31.2 Å². The minimum atomic E-state index is -0.530. The van der Waals surface area contributed by atoms with Crippen LogP contribution in [0.3, 0.4) is 0 Å². The third-order valence-electron chi connectivity index (χ3n) is 3.01. The summed E-state index contributed by atoms with van der Waals surface area (Å²) in [4.78, 5) is 10.5. The highest BCUT2D eigenvalue weighted by Crippen LogP contribution is 2.34. The number of nitro benzene ring substituents is 1. The Balaban J connectivity index is 2.31. The van der Waals surface area contributed by atoms with E-state index in [9.17, 15) is 20.3 Å². The first-order valence-corrected chi connectivity index (χ1v) is 6.48. The number of nitro groups is 1. The van der Waals surface area contributed by atoms with Crippen LogP contribution in [0.2, 0.25) is 5.02 Å². The molecule has 0 aromatic heterocycles. The van der Waals surface area contributed by atoms with E-state index in [1.54, 1.807) is 19.1 Å². The van der Waals surface area contributed by atoms with E-state index >= 15 is 0 Å². The van der Waals surface area contributed by atoms with Crippen molar-refractivity contribution in [3.05, 3.63) is 57.1 Å². The van der Waals surface area contributed by atoms with E-state index in [0.717, 1.165) is 0 Å². The molecule has 0 saturated carbocycles. The summed E-state index contributed by atoms with van der Waals surface area (Å²) in [6, 6.07) is 8.10. The van der Waals surface area contributed by atoms with E-state index in [1.165, 1.54) is 24.3 Å². The van der Waals surface area contributed by atoms with Crippen molar-refractivity contribution in [1.82, 2.24) is 0 Å². The number of hydrogen-bond acceptors (Lipinski definition) is 5. The van der Waals surface area contributed by atoms with E-state index in [-0.39, 0.29) is 22.2 Å². The molecular formula is C14H13ClN2O4. The van der Waals surface area contributed by atoms with Crippen LogP contribution in [-0.2, 0) is 0 Å². The van der Waals surface area contributed by atoms with Gasteiger partial charge in [-0.1, -0.05) is 11.6 Å². The van der Waals surface area contributed by atoms with Crippen LogP contribution in [0, 0.1) is 10.1 Å². The number of phenols is 2. The summed E-state index contributed by atoms with van der Waals surface area (Å²) >= 11 is 5.76. The first kappa shape index (κ1) is 14.9. The second-order valence-corrected chi connectivity index (χ2v) is 4.96. The first-order valence-electron chi connectivity index (χ1n) is 6.11. The summed E-state index contributed by atoms with van der Waals surface area (Å²) in [5, 5.41) is 33.3. The summed E-state index contributed by atoms with van der Waals surface area (Å²) in [5.74, 6) is -0.146. The third-order valence-corrected chi connectivity index (χ3v) is 3.24. The molecule has 0 aliphatic rings. The van der Waals surface area contributed by atoms with Crippen molar-refractivity contribution < 1.29 is 15.1 Å². The first-order chi connectivity index (χ1) is 9.88. The number of hydrogen-bond donors (Lipinski definition) is 3. The summed E-state index contributed by atoms with van der Waals surface area (Å²) in [6.45, 7) is 1.74. The highest BCUT2D eigenvalue weighted by atomic mass is 35.5. The molecule has 0 spiro atoms. The van der Waals surface area contributed by atoms with Gasteiger partial charge in [0.2, 0.25) is 0 Å². The number of anilines is 1. The van der Waals surface area contributed by atoms with Crippen molar-refractivity contribution in [2.75, 3.05) is 5.32 Å². The molecule has 21 heavy (non-hydrogen) atoms. The Hall–Kier alpha value is -2.47. The molecule has 0 fully saturated rings. The molecule has 7 heteroatoms. The number of benzene rings is 2. The fourth-order valence-electron chi connectivity index (χ4n) is 1.99. The van der Waals surface area contributed by atoms with Crippen molar-refractivity contribution >= 4 is 23.0 Å². The number of phenolic OH excluding ortho intramolecular Hbond substituents is 2. The second-order valence-electron chi connectivity index (χ2n) is 4.53. The molecule has 1 unspecified atom stereocenters. The van der Waals surface area contributed by atoms with Crippen LogP contribution in [-0.4, -0.2) is 15.1 Å². The standard InChI is InChI=1S/C14H13ClN2O4/c1-8(11-4-3-10(18)7-14(11)19)16-12-5-2-9(15)6-13(12)17(20)21/h2-8,16,18-19H,1H3. The molecule has 3 N–H and O–H groups in total. The Morgan fingerprint density at radius 3 is 2.57 bits per heavy atom. The Labute approximate surface area is 125 Å². The van der Waals surface area contributed by atoms with E-state index in [1.807, 2.05) is 0 Å². The van der Waals surface area contributed by atoms with Gasteiger partial charge in [-0.2, -0.15) is 0 Å². The summed E-state index contributed by atoms with van der Waals surface area (Å²) in [6.07, 6.45) is 0. The van der Waals surface area contributed by atoms with Crippen molar-refractivity contribution in [3.63, 3.8) is 0 Å². The molecule has 6 nitrogen and oxygen atoms in total. The average Bonchev–Trinajstić information content (AvgIpc) is 2.40.